The average Bonchev–Trinajstić information content (AvgIpc) is 2.66. The first-order valence-electron chi connectivity index (χ1n) is 11.3. The maximum Gasteiger partial charge on any atom is 0.248 e. The van der Waals surface area contributed by atoms with Crippen LogP contribution in [-0.4, -0.2) is 40.7 Å². The number of benzene rings is 2. The van der Waals surface area contributed by atoms with Crippen molar-refractivity contribution in [3.63, 3.8) is 0 Å². The Balaban J connectivity index is 1.63. The first-order valence-corrected chi connectivity index (χ1v) is 11.3. The summed E-state index contributed by atoms with van der Waals surface area (Å²) in [6.45, 7) is 11.6. The second-order valence-corrected chi connectivity index (χ2v) is 9.82. The molecule has 1 heterocycles. The summed E-state index contributed by atoms with van der Waals surface area (Å²) < 4.78 is 0. The highest BCUT2D eigenvalue weighted by molar-refractivity contribution is 5.93. The summed E-state index contributed by atoms with van der Waals surface area (Å²) in [6, 6.07) is 14.7. The van der Waals surface area contributed by atoms with Crippen LogP contribution in [0.3, 0.4) is 0 Å². The molecule has 0 bridgehead atoms. The van der Waals surface area contributed by atoms with Crippen molar-refractivity contribution in [1.82, 2.24) is 9.80 Å². The van der Waals surface area contributed by atoms with Gasteiger partial charge in [-0.1, -0.05) is 67.4 Å². The lowest BCUT2D eigenvalue weighted by atomic mass is 9.84. The zero-order valence-electron chi connectivity index (χ0n) is 19.9. The van der Waals surface area contributed by atoms with E-state index in [-0.39, 0.29) is 11.8 Å². The van der Waals surface area contributed by atoms with Crippen LogP contribution in [0.5, 0.6) is 0 Å². The highest BCUT2D eigenvalue weighted by atomic mass is 16.2. The minimum Gasteiger partial charge on any atom is -0.339 e. The monoisotopic (exact) mass is 420 g/mol. The second kappa shape index (κ2) is 9.25. The van der Waals surface area contributed by atoms with Crippen LogP contribution in [0.2, 0.25) is 0 Å². The van der Waals surface area contributed by atoms with E-state index in [0.29, 0.717) is 31.8 Å². The summed E-state index contributed by atoms with van der Waals surface area (Å²) in [4.78, 5) is 29.8. The van der Waals surface area contributed by atoms with Crippen molar-refractivity contribution in [2.75, 3.05) is 13.6 Å². The Morgan fingerprint density at radius 3 is 2.10 bits per heavy atom. The van der Waals surface area contributed by atoms with Gasteiger partial charge < -0.3 is 9.80 Å². The molecular weight excluding hydrogens is 384 g/mol. The molecule has 1 aliphatic rings. The van der Waals surface area contributed by atoms with Gasteiger partial charge in [-0.05, 0) is 56.2 Å². The Morgan fingerprint density at radius 2 is 1.58 bits per heavy atom. The summed E-state index contributed by atoms with van der Waals surface area (Å²) in [7, 11) is 1.83. The van der Waals surface area contributed by atoms with Crippen molar-refractivity contribution < 1.29 is 9.59 Å². The largest absolute Gasteiger partial charge is 0.339 e. The van der Waals surface area contributed by atoms with E-state index in [0.717, 1.165) is 28.7 Å². The van der Waals surface area contributed by atoms with Gasteiger partial charge in [-0.25, -0.2) is 0 Å². The number of hydrogen-bond acceptors (Lipinski definition) is 2. The van der Waals surface area contributed by atoms with Gasteiger partial charge in [0.25, 0.3) is 0 Å². The number of carbonyl (C=O) groups excluding carboxylic acids is 2. The Morgan fingerprint density at radius 1 is 1.00 bits per heavy atom. The topological polar surface area (TPSA) is 40.6 Å². The van der Waals surface area contributed by atoms with E-state index in [2.05, 4.69) is 56.3 Å². The zero-order valence-corrected chi connectivity index (χ0v) is 19.9. The molecule has 2 aromatic rings. The number of carbonyl (C=O) groups is 2. The molecule has 1 atom stereocenters. The molecule has 2 amide bonds. The number of hydrogen-bond donors (Lipinski definition) is 0. The van der Waals surface area contributed by atoms with E-state index in [9.17, 15) is 9.59 Å². The highest BCUT2D eigenvalue weighted by Gasteiger charge is 2.50. The molecule has 1 fully saturated rings. The van der Waals surface area contributed by atoms with Gasteiger partial charge in [-0.15, -0.1) is 0 Å². The van der Waals surface area contributed by atoms with Crippen molar-refractivity contribution >= 4 is 11.8 Å². The summed E-state index contributed by atoms with van der Waals surface area (Å²) >= 11 is 0. The van der Waals surface area contributed by atoms with E-state index >= 15 is 0 Å². The van der Waals surface area contributed by atoms with Crippen LogP contribution >= 0.6 is 0 Å². The van der Waals surface area contributed by atoms with E-state index < -0.39 is 5.54 Å². The summed E-state index contributed by atoms with van der Waals surface area (Å²) in [5.41, 5.74) is 5.01. The minimum absolute atomic E-state index is 0.0128. The van der Waals surface area contributed by atoms with E-state index in [4.69, 9.17) is 0 Å². The molecular formula is C27H36N2O2. The van der Waals surface area contributed by atoms with Crippen molar-refractivity contribution in [2.45, 2.75) is 66.0 Å². The molecule has 0 spiro atoms. The van der Waals surface area contributed by atoms with E-state index in [1.54, 1.807) is 9.80 Å². The van der Waals surface area contributed by atoms with Gasteiger partial charge in [0, 0.05) is 20.1 Å². The van der Waals surface area contributed by atoms with Gasteiger partial charge in [-0.3, -0.25) is 9.59 Å². The van der Waals surface area contributed by atoms with Gasteiger partial charge in [0.15, 0.2) is 0 Å². The van der Waals surface area contributed by atoms with Crippen molar-refractivity contribution in [3.05, 3.63) is 70.3 Å². The lowest BCUT2D eigenvalue weighted by Crippen LogP contribution is -2.67. The predicted octanol–water partition coefficient (Wildman–Crippen LogP) is 4.69. The number of aryl methyl sites for hydroxylation is 2. The van der Waals surface area contributed by atoms with Crippen LogP contribution in [0, 0.1) is 19.8 Å². The molecule has 31 heavy (non-hydrogen) atoms. The summed E-state index contributed by atoms with van der Waals surface area (Å²) in [5, 5.41) is 0. The predicted molar refractivity (Wildman–Crippen MR) is 126 cm³/mol. The van der Waals surface area contributed by atoms with Crippen LogP contribution < -0.4 is 0 Å². The first-order chi connectivity index (χ1) is 14.6. The van der Waals surface area contributed by atoms with Crippen LogP contribution in [0.25, 0.3) is 0 Å². The lowest BCUT2D eigenvalue weighted by Gasteiger charge is -2.50. The van der Waals surface area contributed by atoms with Gasteiger partial charge in [0.1, 0.15) is 5.54 Å². The third-order valence-corrected chi connectivity index (χ3v) is 6.25. The van der Waals surface area contributed by atoms with Crippen LogP contribution in [-0.2, 0) is 29.0 Å². The molecule has 1 saturated heterocycles. The van der Waals surface area contributed by atoms with Gasteiger partial charge in [0.05, 0.1) is 6.42 Å². The molecule has 3 rings (SSSR count). The molecule has 1 aliphatic heterocycles. The van der Waals surface area contributed by atoms with Gasteiger partial charge >= 0.3 is 0 Å². The highest BCUT2D eigenvalue weighted by Crippen LogP contribution is 2.33. The van der Waals surface area contributed by atoms with Crippen molar-refractivity contribution in [1.29, 1.82) is 0 Å². The third-order valence-electron chi connectivity index (χ3n) is 6.25. The van der Waals surface area contributed by atoms with Crippen LogP contribution in [0.1, 0.15) is 55.0 Å². The quantitative estimate of drug-likeness (QED) is 0.652. The molecule has 0 aliphatic carbocycles. The van der Waals surface area contributed by atoms with E-state index in [1.165, 1.54) is 5.56 Å². The zero-order chi connectivity index (χ0) is 22.8. The Kier molecular flexibility index (Phi) is 6.88. The second-order valence-electron chi connectivity index (χ2n) is 9.82. The third kappa shape index (κ3) is 5.36. The standard InChI is InChI=1S/C27H36N2O2/c1-19(2)13-22-7-9-23(10-8-22)18-28(6)26(31)27(5)11-12-29(27)25(30)17-24-15-20(3)14-21(4)16-24/h7-10,14-16,19H,11-13,17-18H2,1-6H3. The fraction of sp³-hybridized carbons (Fsp3) is 0.481. The summed E-state index contributed by atoms with van der Waals surface area (Å²) in [5.74, 6) is 0.665. The number of rotatable bonds is 7. The summed E-state index contributed by atoms with van der Waals surface area (Å²) in [6.07, 6.45) is 2.11. The fourth-order valence-corrected chi connectivity index (χ4v) is 4.63. The molecule has 4 nitrogen and oxygen atoms in total. The van der Waals surface area contributed by atoms with E-state index in [1.807, 2.05) is 27.8 Å². The van der Waals surface area contributed by atoms with Gasteiger partial charge in [-0.2, -0.15) is 0 Å². The number of likely N-dealkylation sites (N-methyl/N-ethyl adjacent to an activating group) is 1. The van der Waals surface area contributed by atoms with Gasteiger partial charge in [0.2, 0.25) is 11.8 Å². The van der Waals surface area contributed by atoms with Crippen LogP contribution in [0.4, 0.5) is 0 Å². The maximum atomic E-state index is 13.3. The average molecular weight is 421 g/mol. The minimum atomic E-state index is -0.748. The Labute approximate surface area is 187 Å². The smallest absolute Gasteiger partial charge is 0.248 e. The maximum absolute atomic E-state index is 13.3. The fourth-order valence-electron chi connectivity index (χ4n) is 4.63. The van der Waals surface area contributed by atoms with Crippen molar-refractivity contribution in [2.24, 2.45) is 5.92 Å². The number of likely N-dealkylation sites (tertiary alicyclic amines) is 1. The number of amides is 2. The lowest BCUT2D eigenvalue weighted by molar-refractivity contribution is -0.163. The molecule has 4 heteroatoms. The van der Waals surface area contributed by atoms with Crippen LogP contribution in [0.15, 0.2) is 42.5 Å². The molecule has 166 valence electrons. The molecule has 0 saturated carbocycles. The molecule has 0 aromatic heterocycles. The molecule has 2 aromatic carbocycles. The normalized spacial score (nSPS) is 18.1. The Bertz CT molecular complexity index is 928. The Hall–Kier alpha value is -2.62. The molecule has 0 N–H and O–H groups in total. The molecule has 1 unspecified atom stereocenters. The number of nitrogens with zero attached hydrogens (tertiary/aromatic N) is 2. The first kappa shape index (κ1) is 23.1. The SMILES string of the molecule is Cc1cc(C)cc(CC(=O)N2CCC2(C)C(=O)N(C)Cc2ccc(CC(C)C)cc2)c1. The molecule has 0 radical (unpaired) electrons. The van der Waals surface area contributed by atoms with Crippen molar-refractivity contribution in [3.8, 4) is 0 Å².